The number of aliphatic carboxylic acids is 1. The Bertz CT molecular complexity index is 620. The topological polar surface area (TPSA) is 147 Å². The third kappa shape index (κ3) is 3.25. The van der Waals surface area contributed by atoms with Gasteiger partial charge in [-0.1, -0.05) is 0 Å². The summed E-state index contributed by atoms with van der Waals surface area (Å²) in [5.74, 6) is -3.84. The Balaban J connectivity index is 3.25. The predicted molar refractivity (Wildman–Crippen MR) is 59.7 cm³/mol. The quantitative estimate of drug-likeness (QED) is 0.486. The van der Waals surface area contributed by atoms with Gasteiger partial charge in [-0.25, -0.2) is 9.59 Å². The number of aromatic amines is 1. The van der Waals surface area contributed by atoms with Crippen LogP contribution in [0.25, 0.3) is 0 Å². The van der Waals surface area contributed by atoms with Crippen LogP contribution in [-0.2, 0) is 9.59 Å². The van der Waals surface area contributed by atoms with Crippen molar-refractivity contribution in [3.63, 3.8) is 0 Å². The number of carboxylic acids is 1. The van der Waals surface area contributed by atoms with Crippen molar-refractivity contribution >= 4 is 11.9 Å². The zero-order chi connectivity index (χ0) is 14.7. The van der Waals surface area contributed by atoms with Crippen molar-refractivity contribution in [2.24, 2.45) is 5.73 Å². The molecule has 10 heteroatoms. The van der Waals surface area contributed by atoms with E-state index in [2.05, 4.69) is 0 Å². The molecule has 0 saturated heterocycles. The Kier molecular flexibility index (Phi) is 4.17. The Morgan fingerprint density at radius 3 is 2.58 bits per heavy atom. The molecule has 5 N–H and O–H groups in total. The van der Waals surface area contributed by atoms with Crippen LogP contribution in [0.15, 0.2) is 15.8 Å². The van der Waals surface area contributed by atoms with Gasteiger partial charge in [0.1, 0.15) is 0 Å². The van der Waals surface area contributed by atoms with Crippen molar-refractivity contribution in [3.05, 3.63) is 32.9 Å². The van der Waals surface area contributed by atoms with Crippen LogP contribution in [0.2, 0.25) is 0 Å². The van der Waals surface area contributed by atoms with Gasteiger partial charge in [0.15, 0.2) is 0 Å². The lowest BCUT2D eigenvalue weighted by Crippen LogP contribution is -2.48. The molecule has 0 spiro atoms. The first-order chi connectivity index (χ1) is 8.73. The van der Waals surface area contributed by atoms with Crippen LogP contribution in [0.3, 0.4) is 0 Å². The van der Waals surface area contributed by atoms with Crippen LogP contribution in [0.5, 0.6) is 0 Å². The molecule has 0 unspecified atom stereocenters. The number of hydrogen-bond acceptors (Lipinski definition) is 5. The molecule has 0 aliphatic carbocycles. The second kappa shape index (κ2) is 5.44. The minimum absolute atomic E-state index is 0.333. The lowest BCUT2D eigenvalue weighted by Gasteiger charge is -2.17. The highest BCUT2D eigenvalue weighted by atomic mass is 19.1. The summed E-state index contributed by atoms with van der Waals surface area (Å²) in [6.45, 7) is 1.30. The van der Waals surface area contributed by atoms with Crippen molar-refractivity contribution in [2.75, 3.05) is 0 Å². The summed E-state index contributed by atoms with van der Waals surface area (Å²) in [6.07, 6.45) is -1.49. The molecule has 1 rings (SSSR count). The van der Waals surface area contributed by atoms with Crippen molar-refractivity contribution in [3.8, 4) is 0 Å². The number of halogens is 1. The number of nitrogens with two attached hydrogens (primary N) is 1. The van der Waals surface area contributed by atoms with Gasteiger partial charge in [-0.3, -0.25) is 19.1 Å². The smallest absolute Gasteiger partial charge is 0.347 e. The standard InChI is InChI=1S/C9H11FN4O5/c1-3(11)6(15)12-5(8(17)18)14-2-4(10)7(16)13-9(14)19/h2-3,5H,11H2,1H3,(H,12,15)(H,17,18)(H,13,16,19)/t3-,5-/m0/s1. The molecule has 0 aliphatic heterocycles. The average Bonchev–Trinajstić information content (AvgIpc) is 2.30. The van der Waals surface area contributed by atoms with Crippen molar-refractivity contribution in [1.29, 1.82) is 0 Å². The van der Waals surface area contributed by atoms with Crippen LogP contribution >= 0.6 is 0 Å². The molecule has 0 saturated carbocycles. The molecule has 104 valence electrons. The van der Waals surface area contributed by atoms with Gasteiger partial charge in [-0.05, 0) is 6.92 Å². The maximum atomic E-state index is 13.0. The highest BCUT2D eigenvalue weighted by Gasteiger charge is 2.25. The molecule has 0 fully saturated rings. The molecule has 1 aromatic rings. The normalized spacial score (nSPS) is 13.6. The summed E-state index contributed by atoms with van der Waals surface area (Å²) in [6, 6.07) is -1.02. The van der Waals surface area contributed by atoms with Crippen molar-refractivity contribution in [2.45, 2.75) is 19.1 Å². The number of H-pyrrole nitrogens is 1. The lowest BCUT2D eigenvalue weighted by atomic mass is 10.3. The number of nitrogens with one attached hydrogen (secondary N) is 2. The van der Waals surface area contributed by atoms with Crippen molar-refractivity contribution < 1.29 is 19.1 Å². The van der Waals surface area contributed by atoms with E-state index in [-0.39, 0.29) is 0 Å². The molecular weight excluding hydrogens is 263 g/mol. The monoisotopic (exact) mass is 274 g/mol. The lowest BCUT2D eigenvalue weighted by molar-refractivity contribution is -0.144. The van der Waals surface area contributed by atoms with Gasteiger partial charge in [0.05, 0.1) is 12.2 Å². The van der Waals surface area contributed by atoms with Gasteiger partial charge in [-0.15, -0.1) is 0 Å². The van der Waals surface area contributed by atoms with E-state index in [4.69, 9.17) is 10.8 Å². The number of carbonyl (C=O) groups excluding carboxylic acids is 1. The van der Waals surface area contributed by atoms with Crippen LogP contribution in [0, 0.1) is 5.82 Å². The van der Waals surface area contributed by atoms with Gasteiger partial charge >= 0.3 is 11.7 Å². The molecule has 2 atom stereocenters. The molecule has 0 aromatic carbocycles. The minimum Gasteiger partial charge on any atom is -0.478 e. The summed E-state index contributed by atoms with van der Waals surface area (Å²) >= 11 is 0. The number of carboxylic acid groups (broad SMARTS) is 1. The molecule has 0 radical (unpaired) electrons. The zero-order valence-electron chi connectivity index (χ0n) is 9.71. The molecule has 19 heavy (non-hydrogen) atoms. The van der Waals surface area contributed by atoms with Gasteiger partial charge in [0.25, 0.3) is 5.56 Å². The van der Waals surface area contributed by atoms with Gasteiger partial charge in [-0.2, -0.15) is 4.39 Å². The summed E-state index contributed by atoms with van der Waals surface area (Å²) < 4.78 is 13.4. The zero-order valence-corrected chi connectivity index (χ0v) is 9.71. The number of aromatic nitrogens is 2. The maximum absolute atomic E-state index is 13.0. The van der Waals surface area contributed by atoms with Crippen LogP contribution in [0.1, 0.15) is 13.1 Å². The third-order valence-corrected chi connectivity index (χ3v) is 2.13. The van der Waals surface area contributed by atoms with Gasteiger partial charge in [0, 0.05) is 0 Å². The van der Waals surface area contributed by atoms with Gasteiger partial charge in [0.2, 0.25) is 17.9 Å². The predicted octanol–water partition coefficient (Wildman–Crippen LogP) is -2.28. The Labute approximate surface area is 104 Å². The first kappa shape index (κ1) is 14.6. The molecule has 0 aliphatic rings. The number of carbonyl (C=O) groups is 2. The fraction of sp³-hybridized carbons (Fsp3) is 0.333. The Hall–Kier alpha value is -2.49. The van der Waals surface area contributed by atoms with E-state index < -0.39 is 41.2 Å². The molecule has 9 nitrogen and oxygen atoms in total. The SMILES string of the molecule is C[C@H](N)C(=O)N[C@H](C(=O)O)n1cc(F)c(=O)[nH]c1=O. The van der Waals surface area contributed by atoms with Crippen LogP contribution < -0.4 is 22.3 Å². The highest BCUT2D eigenvalue weighted by molar-refractivity contribution is 5.85. The molecule has 1 heterocycles. The summed E-state index contributed by atoms with van der Waals surface area (Å²) in [5.41, 5.74) is 2.77. The third-order valence-electron chi connectivity index (χ3n) is 2.13. The minimum atomic E-state index is -1.88. The Morgan fingerprint density at radius 1 is 1.53 bits per heavy atom. The highest BCUT2D eigenvalue weighted by Crippen LogP contribution is 2.00. The number of rotatable bonds is 4. The Morgan fingerprint density at radius 2 is 2.11 bits per heavy atom. The second-order valence-corrected chi connectivity index (χ2v) is 3.68. The van der Waals surface area contributed by atoms with Gasteiger partial charge < -0.3 is 16.2 Å². The average molecular weight is 274 g/mol. The second-order valence-electron chi connectivity index (χ2n) is 3.68. The summed E-state index contributed by atoms with van der Waals surface area (Å²) in [4.78, 5) is 46.1. The van der Waals surface area contributed by atoms with E-state index in [0.717, 1.165) is 0 Å². The number of amides is 1. The van der Waals surface area contributed by atoms with E-state index in [9.17, 15) is 23.6 Å². The summed E-state index contributed by atoms with van der Waals surface area (Å²) in [5, 5.41) is 10.8. The molecule has 1 amide bonds. The first-order valence-corrected chi connectivity index (χ1v) is 5.03. The molecule has 0 bridgehead atoms. The molecule has 1 aromatic heterocycles. The number of nitrogens with zero attached hydrogens (tertiary/aromatic N) is 1. The van der Waals surface area contributed by atoms with Crippen molar-refractivity contribution in [1.82, 2.24) is 14.9 Å². The van der Waals surface area contributed by atoms with E-state index in [1.165, 1.54) is 6.92 Å². The first-order valence-electron chi connectivity index (χ1n) is 5.03. The van der Waals surface area contributed by atoms with E-state index in [0.29, 0.717) is 10.8 Å². The maximum Gasteiger partial charge on any atom is 0.347 e. The van der Waals surface area contributed by atoms with Crippen LogP contribution in [0.4, 0.5) is 4.39 Å². The van der Waals surface area contributed by atoms with Crippen LogP contribution in [-0.4, -0.2) is 32.6 Å². The fourth-order valence-corrected chi connectivity index (χ4v) is 1.17. The van der Waals surface area contributed by atoms with E-state index in [1.807, 2.05) is 5.32 Å². The van der Waals surface area contributed by atoms with E-state index >= 15 is 0 Å². The summed E-state index contributed by atoms with van der Waals surface area (Å²) in [7, 11) is 0. The van der Waals surface area contributed by atoms with E-state index in [1.54, 1.807) is 4.98 Å². The largest absolute Gasteiger partial charge is 0.478 e. The number of hydrogen-bond donors (Lipinski definition) is 4. The fourth-order valence-electron chi connectivity index (χ4n) is 1.17. The molecular formula is C9H11FN4O5.